The van der Waals surface area contributed by atoms with E-state index in [1.54, 1.807) is 0 Å². The lowest BCUT2D eigenvalue weighted by molar-refractivity contribution is -0.0263. The maximum Gasteiger partial charge on any atom is 0.0920 e. The average molecular weight is 498 g/mol. The molecule has 0 aromatic heterocycles. The zero-order chi connectivity index (χ0) is 24.0. The summed E-state index contributed by atoms with van der Waals surface area (Å²) in [5.41, 5.74) is 4.00. The van der Waals surface area contributed by atoms with Gasteiger partial charge in [0.15, 0.2) is 0 Å². The minimum absolute atomic E-state index is 0.376. The lowest BCUT2D eigenvalue weighted by Crippen LogP contribution is -2.43. The Labute approximate surface area is 213 Å². The summed E-state index contributed by atoms with van der Waals surface area (Å²) in [5.74, 6) is 0.376. The second kappa shape index (κ2) is 11.6. The van der Waals surface area contributed by atoms with Crippen molar-refractivity contribution in [1.29, 1.82) is 0 Å². The van der Waals surface area contributed by atoms with Crippen molar-refractivity contribution in [3.63, 3.8) is 0 Å². The summed E-state index contributed by atoms with van der Waals surface area (Å²) < 4.78 is 0. The van der Waals surface area contributed by atoms with Crippen LogP contribution >= 0.6 is 23.2 Å². The fraction of sp³-hybridized carbons (Fsp3) is 0.379. The minimum Gasteiger partial charge on any atom is -0.385 e. The topological polar surface area (TPSA) is 35.5 Å². The molecular weight excluding hydrogens is 463 g/mol. The van der Waals surface area contributed by atoms with Crippen LogP contribution in [0, 0.1) is 6.92 Å². The molecule has 3 aromatic rings. The first-order valence-corrected chi connectivity index (χ1v) is 12.9. The van der Waals surface area contributed by atoms with E-state index in [1.165, 1.54) is 16.8 Å². The summed E-state index contributed by atoms with van der Waals surface area (Å²) in [6.45, 7) is 5.83. The van der Waals surface area contributed by atoms with Crippen LogP contribution in [0.25, 0.3) is 0 Å². The number of rotatable bonds is 9. The van der Waals surface area contributed by atoms with Gasteiger partial charge in [0.1, 0.15) is 0 Å². The third-order valence-electron chi connectivity index (χ3n) is 7.16. The summed E-state index contributed by atoms with van der Waals surface area (Å²) in [5, 5.41) is 16.0. The number of benzene rings is 3. The van der Waals surface area contributed by atoms with Crippen molar-refractivity contribution in [2.45, 2.75) is 44.1 Å². The largest absolute Gasteiger partial charge is 0.385 e. The molecule has 4 rings (SSSR count). The van der Waals surface area contributed by atoms with Crippen LogP contribution in [0.5, 0.6) is 0 Å². The number of aliphatic hydroxyl groups is 1. The Morgan fingerprint density at radius 1 is 0.912 bits per heavy atom. The van der Waals surface area contributed by atoms with E-state index >= 15 is 0 Å². The molecule has 3 nitrogen and oxygen atoms in total. The number of likely N-dealkylation sites (tertiary alicyclic amines) is 1. The Bertz CT molecular complexity index is 1060. The molecule has 5 heteroatoms. The van der Waals surface area contributed by atoms with E-state index in [0.717, 1.165) is 57.4 Å². The molecule has 2 N–H and O–H groups in total. The molecule has 1 saturated heterocycles. The Morgan fingerprint density at radius 2 is 1.62 bits per heavy atom. The molecule has 0 bridgehead atoms. The molecule has 1 unspecified atom stereocenters. The number of hydrogen-bond donors (Lipinski definition) is 2. The van der Waals surface area contributed by atoms with Crippen molar-refractivity contribution >= 4 is 28.9 Å². The fourth-order valence-electron chi connectivity index (χ4n) is 4.92. The first kappa shape index (κ1) is 25.1. The Morgan fingerprint density at radius 3 is 2.32 bits per heavy atom. The van der Waals surface area contributed by atoms with Crippen molar-refractivity contribution in [1.82, 2.24) is 4.90 Å². The molecule has 1 atom stereocenters. The van der Waals surface area contributed by atoms with Gasteiger partial charge in [-0.2, -0.15) is 0 Å². The predicted molar refractivity (Wildman–Crippen MR) is 144 cm³/mol. The van der Waals surface area contributed by atoms with Crippen LogP contribution in [0.15, 0.2) is 72.8 Å². The summed E-state index contributed by atoms with van der Waals surface area (Å²) in [7, 11) is 0. The highest BCUT2D eigenvalue weighted by atomic mass is 35.5. The molecule has 1 aliphatic heterocycles. The number of para-hydroxylation sites is 1. The van der Waals surface area contributed by atoms with Gasteiger partial charge >= 0.3 is 0 Å². The second-order valence-corrected chi connectivity index (χ2v) is 10.2. The van der Waals surface area contributed by atoms with Gasteiger partial charge in [0.2, 0.25) is 0 Å². The maximum absolute atomic E-state index is 11.2. The highest BCUT2D eigenvalue weighted by molar-refractivity contribution is 6.42. The molecule has 0 amide bonds. The van der Waals surface area contributed by atoms with Gasteiger partial charge in [0, 0.05) is 25.3 Å². The van der Waals surface area contributed by atoms with Crippen LogP contribution in [0.3, 0.4) is 0 Å². The van der Waals surface area contributed by atoms with Gasteiger partial charge < -0.3 is 15.3 Å². The molecule has 0 spiro atoms. The average Bonchev–Trinajstić information content (AvgIpc) is 2.86. The molecule has 1 fully saturated rings. The third kappa shape index (κ3) is 6.34. The lowest BCUT2D eigenvalue weighted by atomic mass is 9.84. The molecule has 1 aliphatic rings. The van der Waals surface area contributed by atoms with Crippen molar-refractivity contribution in [2.24, 2.45) is 0 Å². The van der Waals surface area contributed by atoms with Crippen LogP contribution < -0.4 is 5.32 Å². The van der Waals surface area contributed by atoms with Crippen LogP contribution in [0.2, 0.25) is 10.0 Å². The molecule has 3 aromatic carbocycles. The number of nitrogens with one attached hydrogen (secondary N) is 1. The second-order valence-electron chi connectivity index (χ2n) is 9.43. The SMILES string of the molecule is Cc1ccccc1NCCC(CCN1CCC(O)(c2ccccc2)CC1)c1ccc(Cl)c(Cl)c1. The number of halogens is 2. The highest BCUT2D eigenvalue weighted by Crippen LogP contribution is 2.34. The minimum atomic E-state index is -0.710. The number of aryl methyl sites for hydroxylation is 1. The van der Waals surface area contributed by atoms with Crippen molar-refractivity contribution < 1.29 is 5.11 Å². The Hall–Kier alpha value is -2.04. The number of anilines is 1. The van der Waals surface area contributed by atoms with Crippen molar-refractivity contribution in [2.75, 3.05) is 31.5 Å². The number of piperidine rings is 1. The van der Waals surface area contributed by atoms with E-state index in [0.29, 0.717) is 16.0 Å². The monoisotopic (exact) mass is 496 g/mol. The van der Waals surface area contributed by atoms with E-state index in [1.807, 2.05) is 42.5 Å². The quantitative estimate of drug-likeness (QED) is 0.327. The fourth-order valence-corrected chi connectivity index (χ4v) is 5.22. The molecule has 34 heavy (non-hydrogen) atoms. The van der Waals surface area contributed by atoms with Crippen LogP contribution in [0.4, 0.5) is 5.69 Å². The van der Waals surface area contributed by atoms with E-state index in [-0.39, 0.29) is 0 Å². The Balaban J connectivity index is 1.36. The van der Waals surface area contributed by atoms with Gasteiger partial charge in [0.05, 0.1) is 15.6 Å². The molecule has 1 heterocycles. The van der Waals surface area contributed by atoms with Gasteiger partial charge in [0.25, 0.3) is 0 Å². The molecule has 0 aliphatic carbocycles. The molecular formula is C29H34Cl2N2O. The van der Waals surface area contributed by atoms with Crippen LogP contribution in [-0.4, -0.2) is 36.2 Å². The maximum atomic E-state index is 11.2. The van der Waals surface area contributed by atoms with Gasteiger partial charge in [-0.25, -0.2) is 0 Å². The Kier molecular flexibility index (Phi) is 8.55. The van der Waals surface area contributed by atoms with E-state index in [9.17, 15) is 5.11 Å². The summed E-state index contributed by atoms with van der Waals surface area (Å²) in [6.07, 6.45) is 3.58. The summed E-state index contributed by atoms with van der Waals surface area (Å²) in [6, 6.07) is 24.5. The normalized spacial score (nSPS) is 16.8. The van der Waals surface area contributed by atoms with E-state index in [4.69, 9.17) is 23.2 Å². The van der Waals surface area contributed by atoms with Crippen molar-refractivity contribution in [3.05, 3.63) is 99.5 Å². The lowest BCUT2D eigenvalue weighted by Gasteiger charge is -2.39. The van der Waals surface area contributed by atoms with E-state index < -0.39 is 5.60 Å². The third-order valence-corrected chi connectivity index (χ3v) is 7.90. The summed E-state index contributed by atoms with van der Waals surface area (Å²) in [4.78, 5) is 2.48. The first-order chi connectivity index (χ1) is 16.4. The van der Waals surface area contributed by atoms with Crippen LogP contribution in [0.1, 0.15) is 48.3 Å². The van der Waals surface area contributed by atoms with Gasteiger partial charge in [-0.05, 0) is 80.0 Å². The zero-order valence-electron chi connectivity index (χ0n) is 19.8. The molecule has 0 radical (unpaired) electrons. The van der Waals surface area contributed by atoms with Crippen molar-refractivity contribution in [3.8, 4) is 0 Å². The zero-order valence-corrected chi connectivity index (χ0v) is 21.3. The standard InChI is InChI=1S/C29H34Cl2N2O/c1-22-7-5-6-10-28(22)32-17-13-23(24-11-12-26(30)27(31)21-24)14-18-33-19-15-29(34,16-20-33)25-8-3-2-4-9-25/h2-12,21,23,32,34H,13-20H2,1H3. The van der Waals surface area contributed by atoms with Gasteiger partial charge in [-0.1, -0.05) is 77.8 Å². The number of nitrogens with zero attached hydrogens (tertiary/aromatic N) is 1. The number of hydrogen-bond acceptors (Lipinski definition) is 3. The van der Waals surface area contributed by atoms with Crippen LogP contribution in [-0.2, 0) is 5.60 Å². The summed E-state index contributed by atoms with van der Waals surface area (Å²) >= 11 is 12.5. The van der Waals surface area contributed by atoms with Gasteiger partial charge in [-0.15, -0.1) is 0 Å². The molecule has 180 valence electrons. The van der Waals surface area contributed by atoms with Gasteiger partial charge in [-0.3, -0.25) is 0 Å². The van der Waals surface area contributed by atoms with E-state index in [2.05, 4.69) is 47.5 Å². The first-order valence-electron chi connectivity index (χ1n) is 12.2. The molecule has 0 saturated carbocycles. The highest BCUT2D eigenvalue weighted by Gasteiger charge is 2.33. The predicted octanol–water partition coefficient (Wildman–Crippen LogP) is 7.26. The smallest absolute Gasteiger partial charge is 0.0920 e.